The molecule has 0 radical (unpaired) electrons. The second kappa shape index (κ2) is 20.3. The number of carboxylic acid groups (broad SMARTS) is 2. The van der Waals surface area contributed by atoms with Gasteiger partial charge in [0.05, 0.1) is 53.8 Å². The van der Waals surface area contributed by atoms with E-state index in [2.05, 4.69) is 31.2 Å². The van der Waals surface area contributed by atoms with Gasteiger partial charge in [0.15, 0.2) is 0 Å². The van der Waals surface area contributed by atoms with E-state index in [1.807, 2.05) is 42.5 Å². The van der Waals surface area contributed by atoms with Crippen LogP contribution in [-0.2, 0) is 35.8 Å². The van der Waals surface area contributed by atoms with Gasteiger partial charge in [-0.25, -0.2) is 0 Å². The number of benzene rings is 2. The van der Waals surface area contributed by atoms with Gasteiger partial charge in [0, 0.05) is 52.5 Å². The zero-order valence-corrected chi connectivity index (χ0v) is 32.1. The Morgan fingerprint density at radius 2 is 1.36 bits per heavy atom. The second-order valence-corrected chi connectivity index (χ2v) is 13.5. The number of aliphatic hydroxyl groups excluding tert-OH is 2. The van der Waals surface area contributed by atoms with Crippen molar-refractivity contribution in [2.45, 2.75) is 64.1 Å². The van der Waals surface area contributed by atoms with Crippen molar-refractivity contribution in [3.63, 3.8) is 0 Å². The number of methoxy groups -OCH3 is 2. The fourth-order valence-corrected chi connectivity index (χ4v) is 6.42. The Morgan fingerprint density at radius 3 is 1.96 bits per heavy atom. The standard InChI is InChI=1S/C37H40BrCl2N3O10/c1-50-35-21(6-3-9-25(44)15-31(46)47)12-13-30(42-35)52-19-22-7-4-10-27(33(22)39)28-11-5-8-23(34(28)40)20-53-37-29(38)14-24(36(43-37)51-2)17-41-18-26(45)16-32(48)49/h4-5,7-8,10-14,25-26,41,44-45H,3,6,9,15-20H2,1-2H3,(H,46,47)(H,48,49)/t25-,26+/m1/s1. The third-order valence-corrected chi connectivity index (χ3v) is 9.43. The van der Waals surface area contributed by atoms with Crippen LogP contribution in [0.1, 0.15) is 47.9 Å². The summed E-state index contributed by atoms with van der Waals surface area (Å²) in [6.45, 7) is 0.536. The lowest BCUT2D eigenvalue weighted by Crippen LogP contribution is -2.28. The highest BCUT2D eigenvalue weighted by Gasteiger charge is 2.18. The number of hydrogen-bond donors (Lipinski definition) is 5. The third-order valence-electron chi connectivity index (χ3n) is 7.97. The molecule has 284 valence electrons. The van der Waals surface area contributed by atoms with Crippen molar-refractivity contribution < 1.29 is 49.0 Å². The summed E-state index contributed by atoms with van der Waals surface area (Å²) in [5.74, 6) is -0.863. The molecule has 4 aromatic rings. The van der Waals surface area contributed by atoms with Gasteiger partial charge >= 0.3 is 11.9 Å². The molecule has 0 amide bonds. The number of aliphatic carboxylic acids is 2. The van der Waals surface area contributed by atoms with Crippen LogP contribution in [0.4, 0.5) is 0 Å². The minimum absolute atomic E-state index is 0.0766. The molecule has 2 heterocycles. The molecule has 0 bridgehead atoms. The van der Waals surface area contributed by atoms with E-state index in [4.69, 9.17) is 52.4 Å². The molecule has 4 rings (SSSR count). The Balaban J connectivity index is 1.41. The number of pyridine rings is 2. The summed E-state index contributed by atoms with van der Waals surface area (Å²) in [5, 5.41) is 41.2. The average molecular weight is 838 g/mol. The van der Waals surface area contributed by atoms with E-state index in [1.165, 1.54) is 14.2 Å². The van der Waals surface area contributed by atoms with Gasteiger partial charge in [-0.05, 0) is 47.3 Å². The van der Waals surface area contributed by atoms with Crippen LogP contribution >= 0.6 is 39.1 Å². The third kappa shape index (κ3) is 12.2. The lowest BCUT2D eigenvalue weighted by atomic mass is 10.0. The number of aromatic nitrogens is 2. The summed E-state index contributed by atoms with van der Waals surface area (Å²) in [7, 11) is 2.97. The van der Waals surface area contributed by atoms with E-state index in [-0.39, 0.29) is 45.0 Å². The number of halogens is 3. The van der Waals surface area contributed by atoms with Crippen LogP contribution in [0, 0.1) is 0 Å². The van der Waals surface area contributed by atoms with Crippen molar-refractivity contribution in [3.8, 4) is 34.6 Å². The maximum absolute atomic E-state index is 10.8. The minimum Gasteiger partial charge on any atom is -0.481 e. The second-order valence-electron chi connectivity index (χ2n) is 11.9. The quantitative estimate of drug-likeness (QED) is 0.0615. The van der Waals surface area contributed by atoms with Crippen LogP contribution in [0.5, 0.6) is 23.5 Å². The molecule has 0 aliphatic heterocycles. The largest absolute Gasteiger partial charge is 0.481 e. The van der Waals surface area contributed by atoms with E-state index >= 15 is 0 Å². The highest BCUT2D eigenvalue weighted by Crippen LogP contribution is 2.38. The summed E-state index contributed by atoms with van der Waals surface area (Å²) < 4.78 is 23.5. The van der Waals surface area contributed by atoms with Gasteiger partial charge in [0.1, 0.15) is 13.2 Å². The van der Waals surface area contributed by atoms with Crippen LogP contribution in [0.15, 0.2) is 59.1 Å². The molecule has 0 fully saturated rings. The van der Waals surface area contributed by atoms with Crippen LogP contribution < -0.4 is 24.3 Å². The van der Waals surface area contributed by atoms with E-state index in [9.17, 15) is 19.8 Å². The molecule has 16 heteroatoms. The first kappa shape index (κ1) is 41.6. The zero-order valence-electron chi connectivity index (χ0n) is 29.0. The van der Waals surface area contributed by atoms with Crippen LogP contribution in [0.3, 0.4) is 0 Å². The Morgan fingerprint density at radius 1 is 0.774 bits per heavy atom. The van der Waals surface area contributed by atoms with Gasteiger partial charge in [-0.15, -0.1) is 0 Å². The highest BCUT2D eigenvalue weighted by atomic mass is 79.9. The van der Waals surface area contributed by atoms with E-state index in [1.54, 1.807) is 12.1 Å². The predicted molar refractivity (Wildman–Crippen MR) is 201 cm³/mol. The summed E-state index contributed by atoms with van der Waals surface area (Å²) in [6, 6.07) is 16.4. The Labute approximate surface area is 324 Å². The molecule has 0 aliphatic carbocycles. The van der Waals surface area contributed by atoms with Gasteiger partial charge in [-0.2, -0.15) is 9.97 Å². The Bertz CT molecular complexity index is 1880. The molecule has 53 heavy (non-hydrogen) atoms. The van der Waals surface area contributed by atoms with E-state index < -0.39 is 24.1 Å². The number of nitrogens with zero attached hydrogens (tertiary/aromatic N) is 2. The number of carboxylic acids is 2. The number of nitrogens with one attached hydrogen (secondary N) is 1. The van der Waals surface area contributed by atoms with E-state index in [0.717, 1.165) is 5.56 Å². The number of rotatable bonds is 21. The van der Waals surface area contributed by atoms with Crippen molar-refractivity contribution in [2.75, 3.05) is 20.8 Å². The molecule has 0 saturated heterocycles. The van der Waals surface area contributed by atoms with Crippen molar-refractivity contribution in [1.29, 1.82) is 0 Å². The Kier molecular flexibility index (Phi) is 15.9. The van der Waals surface area contributed by atoms with Crippen molar-refractivity contribution in [1.82, 2.24) is 15.3 Å². The number of aliphatic hydroxyl groups is 2. The number of carbonyl (C=O) groups is 2. The maximum atomic E-state index is 10.8. The first-order valence-electron chi connectivity index (χ1n) is 16.5. The highest BCUT2D eigenvalue weighted by molar-refractivity contribution is 9.10. The van der Waals surface area contributed by atoms with Crippen molar-refractivity contribution in [3.05, 3.63) is 91.4 Å². The smallest absolute Gasteiger partial charge is 0.306 e. The zero-order chi connectivity index (χ0) is 38.5. The fraction of sp³-hybridized carbons (Fsp3) is 0.351. The molecule has 0 spiro atoms. The number of hydrogen-bond acceptors (Lipinski definition) is 11. The minimum atomic E-state index is -1.08. The fourth-order valence-electron chi connectivity index (χ4n) is 5.37. The Hall–Kier alpha value is -4.18. The molecule has 2 atom stereocenters. The van der Waals surface area contributed by atoms with Gasteiger partial charge in [0.25, 0.3) is 0 Å². The van der Waals surface area contributed by atoms with Crippen molar-refractivity contribution in [2.24, 2.45) is 0 Å². The van der Waals surface area contributed by atoms with Crippen LogP contribution in [0.2, 0.25) is 10.0 Å². The molecule has 13 nitrogen and oxygen atoms in total. The van der Waals surface area contributed by atoms with Gasteiger partial charge in [0.2, 0.25) is 23.5 Å². The average Bonchev–Trinajstić information content (AvgIpc) is 3.11. The summed E-state index contributed by atoms with van der Waals surface area (Å²) in [4.78, 5) is 30.5. The maximum Gasteiger partial charge on any atom is 0.306 e. The SMILES string of the molecule is COc1nc(OCc2cccc(-c3cccc(COc4nc(OC)c(CNC[C@@H](O)CC(=O)O)cc4Br)c3Cl)c2Cl)ccc1CCC[C@@H](O)CC(=O)O. The molecule has 0 aliphatic rings. The van der Waals surface area contributed by atoms with Gasteiger partial charge in [-0.3, -0.25) is 9.59 Å². The molecule has 2 aromatic carbocycles. The molecular formula is C37H40BrCl2N3O10. The topological polar surface area (TPSA) is 190 Å². The van der Waals surface area contributed by atoms with Gasteiger partial charge < -0.3 is 44.7 Å². The summed E-state index contributed by atoms with van der Waals surface area (Å²) in [6.07, 6.45) is -1.16. The lowest BCUT2D eigenvalue weighted by molar-refractivity contribution is -0.140. The first-order valence-corrected chi connectivity index (χ1v) is 18.0. The van der Waals surface area contributed by atoms with Gasteiger partial charge in [-0.1, -0.05) is 59.6 Å². The molecule has 0 saturated carbocycles. The summed E-state index contributed by atoms with van der Waals surface area (Å²) in [5.41, 5.74) is 4.24. The lowest BCUT2D eigenvalue weighted by Gasteiger charge is -2.16. The van der Waals surface area contributed by atoms with Crippen LogP contribution in [0.25, 0.3) is 11.1 Å². The first-order chi connectivity index (χ1) is 25.4. The molecular weight excluding hydrogens is 797 g/mol. The molecule has 5 N–H and O–H groups in total. The van der Waals surface area contributed by atoms with Crippen molar-refractivity contribution >= 4 is 51.1 Å². The van der Waals surface area contributed by atoms with Crippen LogP contribution in [-0.4, -0.2) is 75.3 Å². The normalized spacial score (nSPS) is 12.2. The summed E-state index contributed by atoms with van der Waals surface area (Å²) >= 11 is 17.3. The molecule has 2 aromatic heterocycles. The number of ether oxygens (including phenoxy) is 4. The molecule has 0 unspecified atom stereocenters. The predicted octanol–water partition coefficient (Wildman–Crippen LogP) is 6.47. The van der Waals surface area contributed by atoms with E-state index in [0.29, 0.717) is 79.2 Å². The number of aryl methyl sites for hydroxylation is 1. The monoisotopic (exact) mass is 835 g/mol.